The van der Waals surface area contributed by atoms with Gasteiger partial charge in [-0.15, -0.1) is 0 Å². The highest BCUT2D eigenvalue weighted by molar-refractivity contribution is 7.92. The van der Waals surface area contributed by atoms with Crippen LogP contribution >= 0.6 is 0 Å². The monoisotopic (exact) mass is 474 g/mol. The summed E-state index contributed by atoms with van der Waals surface area (Å²) in [6.45, 7) is 3.41. The normalized spacial score (nSPS) is 11.3. The van der Waals surface area contributed by atoms with Crippen LogP contribution in [0.4, 0.5) is 14.5 Å². The van der Waals surface area contributed by atoms with Gasteiger partial charge in [0.05, 0.1) is 16.7 Å². The van der Waals surface area contributed by atoms with Crippen LogP contribution in [0.5, 0.6) is 5.75 Å². The minimum absolute atomic E-state index is 0.00391. The third-order valence-electron chi connectivity index (χ3n) is 4.56. The molecule has 174 valence electrons. The second-order valence-electron chi connectivity index (χ2n) is 7.53. The van der Waals surface area contributed by atoms with Gasteiger partial charge in [0.25, 0.3) is 10.0 Å². The van der Waals surface area contributed by atoms with E-state index in [1.807, 2.05) is 13.8 Å². The minimum atomic E-state index is -4.22. The topological polar surface area (TPSA) is 75.7 Å². The smallest absolute Gasteiger partial charge is 0.264 e. The fourth-order valence-electron chi connectivity index (χ4n) is 3.04. The summed E-state index contributed by atoms with van der Waals surface area (Å²) in [6.07, 6.45) is -0.00391. The van der Waals surface area contributed by atoms with Crippen molar-refractivity contribution in [2.75, 3.05) is 10.8 Å². The maximum Gasteiger partial charge on any atom is 0.264 e. The molecule has 0 bridgehead atoms. The molecule has 0 aliphatic rings. The van der Waals surface area contributed by atoms with Gasteiger partial charge >= 0.3 is 0 Å². The number of carbonyl (C=O) groups is 1. The van der Waals surface area contributed by atoms with Crippen molar-refractivity contribution in [3.63, 3.8) is 0 Å². The van der Waals surface area contributed by atoms with E-state index in [0.717, 1.165) is 46.3 Å². The first-order valence-corrected chi connectivity index (χ1v) is 11.7. The van der Waals surface area contributed by atoms with Crippen molar-refractivity contribution in [1.29, 1.82) is 0 Å². The zero-order valence-corrected chi connectivity index (χ0v) is 19.0. The second kappa shape index (κ2) is 10.4. The molecule has 0 radical (unpaired) electrons. The molecule has 0 saturated carbocycles. The summed E-state index contributed by atoms with van der Waals surface area (Å²) in [5.41, 5.74) is 0.874. The van der Waals surface area contributed by atoms with Gasteiger partial charge in [0.1, 0.15) is 23.9 Å². The number of hydrogen-bond donors (Lipinski definition) is 1. The molecular weight excluding hydrogens is 450 g/mol. The van der Waals surface area contributed by atoms with Gasteiger partial charge < -0.3 is 10.1 Å². The number of hydrogen-bond acceptors (Lipinski definition) is 4. The molecule has 3 rings (SSSR count). The van der Waals surface area contributed by atoms with E-state index in [4.69, 9.17) is 4.74 Å². The molecule has 33 heavy (non-hydrogen) atoms. The summed E-state index contributed by atoms with van der Waals surface area (Å²) in [6, 6.07) is 16.2. The van der Waals surface area contributed by atoms with E-state index in [2.05, 4.69) is 5.32 Å². The van der Waals surface area contributed by atoms with Gasteiger partial charge in [-0.1, -0.05) is 12.1 Å². The number of carbonyl (C=O) groups excluding carboxylic acids is 1. The summed E-state index contributed by atoms with van der Waals surface area (Å²) in [5, 5.41) is 2.69. The predicted molar refractivity (Wildman–Crippen MR) is 121 cm³/mol. The van der Waals surface area contributed by atoms with Crippen molar-refractivity contribution in [2.45, 2.75) is 31.4 Å². The number of sulfonamides is 1. The number of benzene rings is 3. The molecule has 0 atom stereocenters. The van der Waals surface area contributed by atoms with Crippen molar-refractivity contribution in [2.24, 2.45) is 0 Å². The molecule has 0 heterocycles. The number of anilines is 1. The number of rotatable bonds is 9. The van der Waals surface area contributed by atoms with Crippen LogP contribution < -0.4 is 14.4 Å². The molecule has 6 nitrogen and oxygen atoms in total. The second-order valence-corrected chi connectivity index (χ2v) is 9.40. The van der Waals surface area contributed by atoms with E-state index in [9.17, 15) is 22.0 Å². The van der Waals surface area contributed by atoms with Gasteiger partial charge in [-0.25, -0.2) is 17.2 Å². The van der Waals surface area contributed by atoms with Crippen LogP contribution in [0, 0.1) is 11.6 Å². The largest absolute Gasteiger partial charge is 0.491 e. The highest BCUT2D eigenvalue weighted by atomic mass is 32.2. The van der Waals surface area contributed by atoms with Crippen molar-refractivity contribution in [3.8, 4) is 5.75 Å². The summed E-state index contributed by atoms with van der Waals surface area (Å²) < 4.78 is 59.6. The van der Waals surface area contributed by atoms with E-state index in [0.29, 0.717) is 5.75 Å². The lowest BCUT2D eigenvalue weighted by Gasteiger charge is -2.24. The van der Waals surface area contributed by atoms with Crippen LogP contribution in [0.2, 0.25) is 0 Å². The summed E-state index contributed by atoms with van der Waals surface area (Å²) in [4.78, 5) is 12.5. The highest BCUT2D eigenvalue weighted by Crippen LogP contribution is 2.24. The Morgan fingerprint density at radius 1 is 0.970 bits per heavy atom. The molecule has 9 heteroatoms. The fraction of sp³-hybridized carbons (Fsp3) is 0.208. The van der Waals surface area contributed by atoms with Crippen LogP contribution in [0.25, 0.3) is 0 Å². The fourth-order valence-corrected chi connectivity index (χ4v) is 4.47. The Kier molecular flexibility index (Phi) is 7.65. The Hall–Kier alpha value is -3.46. The van der Waals surface area contributed by atoms with Gasteiger partial charge in [0.2, 0.25) is 5.91 Å². The molecule has 0 aliphatic heterocycles. The van der Waals surface area contributed by atoms with Crippen molar-refractivity contribution < 1.29 is 26.7 Å². The first-order chi connectivity index (χ1) is 15.6. The zero-order chi connectivity index (χ0) is 24.0. The number of ether oxygens (including phenoxy) is 1. The Balaban J connectivity index is 1.79. The molecule has 0 spiro atoms. The molecule has 0 fully saturated rings. The third-order valence-corrected chi connectivity index (χ3v) is 6.35. The van der Waals surface area contributed by atoms with Crippen molar-refractivity contribution in [3.05, 3.63) is 90.0 Å². The SMILES string of the molecule is CC(C)Oc1cccc(CNC(=O)CN(c2ccc(F)cc2)S(=O)(=O)c2ccc(F)cc2)c1. The van der Waals surface area contributed by atoms with Gasteiger partial charge in [-0.2, -0.15) is 0 Å². The van der Waals surface area contributed by atoms with Crippen LogP contribution in [0.1, 0.15) is 19.4 Å². The Labute approximate surface area is 191 Å². The maximum absolute atomic E-state index is 13.4. The standard InChI is InChI=1S/C24H24F2N2O4S/c1-17(2)32-22-5-3-4-18(14-22)15-27-24(29)16-28(21-10-6-19(25)7-11-21)33(30,31)23-12-8-20(26)9-13-23/h3-14,17H,15-16H2,1-2H3,(H,27,29). The van der Waals surface area contributed by atoms with Crippen LogP contribution in [0.15, 0.2) is 77.7 Å². The lowest BCUT2D eigenvalue weighted by atomic mass is 10.2. The number of amides is 1. The summed E-state index contributed by atoms with van der Waals surface area (Å²) in [5.74, 6) is -1.06. The molecule has 3 aromatic rings. The van der Waals surface area contributed by atoms with E-state index in [1.54, 1.807) is 24.3 Å². The van der Waals surface area contributed by atoms with E-state index >= 15 is 0 Å². The lowest BCUT2D eigenvalue weighted by Crippen LogP contribution is -2.40. The quantitative estimate of drug-likeness (QED) is 0.503. The van der Waals surface area contributed by atoms with Gasteiger partial charge in [-0.05, 0) is 80.1 Å². The predicted octanol–water partition coefficient (Wildman–Crippen LogP) is 4.26. The van der Waals surface area contributed by atoms with E-state index in [-0.39, 0.29) is 23.2 Å². The maximum atomic E-state index is 13.4. The molecule has 1 N–H and O–H groups in total. The molecule has 0 aliphatic carbocycles. The van der Waals surface area contributed by atoms with Gasteiger partial charge in [-0.3, -0.25) is 9.10 Å². The molecular formula is C24H24F2N2O4S. The van der Waals surface area contributed by atoms with Crippen LogP contribution in [-0.4, -0.2) is 27.0 Å². The van der Waals surface area contributed by atoms with Crippen molar-refractivity contribution in [1.82, 2.24) is 5.32 Å². The lowest BCUT2D eigenvalue weighted by molar-refractivity contribution is -0.119. The van der Waals surface area contributed by atoms with E-state index in [1.165, 1.54) is 12.1 Å². The number of nitrogens with zero attached hydrogens (tertiary/aromatic N) is 1. The van der Waals surface area contributed by atoms with Gasteiger partial charge in [0.15, 0.2) is 0 Å². The molecule has 3 aromatic carbocycles. The summed E-state index contributed by atoms with van der Waals surface area (Å²) in [7, 11) is -4.22. The Bertz CT molecular complexity index is 1200. The highest BCUT2D eigenvalue weighted by Gasteiger charge is 2.27. The van der Waals surface area contributed by atoms with Gasteiger partial charge in [0, 0.05) is 6.54 Å². The molecule has 0 unspecified atom stereocenters. The molecule has 0 saturated heterocycles. The average Bonchev–Trinajstić information content (AvgIpc) is 2.77. The van der Waals surface area contributed by atoms with Crippen LogP contribution in [0.3, 0.4) is 0 Å². The summed E-state index contributed by atoms with van der Waals surface area (Å²) >= 11 is 0. The number of nitrogens with one attached hydrogen (secondary N) is 1. The Morgan fingerprint density at radius 2 is 1.58 bits per heavy atom. The Morgan fingerprint density at radius 3 is 2.18 bits per heavy atom. The third kappa shape index (κ3) is 6.52. The number of halogens is 2. The zero-order valence-electron chi connectivity index (χ0n) is 18.2. The van der Waals surface area contributed by atoms with Crippen LogP contribution in [-0.2, 0) is 21.4 Å². The first-order valence-electron chi connectivity index (χ1n) is 10.2. The molecule has 0 aromatic heterocycles. The van der Waals surface area contributed by atoms with E-state index < -0.39 is 34.1 Å². The first kappa shape index (κ1) is 24.2. The molecule has 1 amide bonds. The van der Waals surface area contributed by atoms with Crippen molar-refractivity contribution >= 4 is 21.6 Å². The minimum Gasteiger partial charge on any atom is -0.491 e. The average molecular weight is 475 g/mol.